The molecule has 0 bridgehead atoms. The summed E-state index contributed by atoms with van der Waals surface area (Å²) in [6, 6.07) is 15.3. The summed E-state index contributed by atoms with van der Waals surface area (Å²) in [5.74, 6) is 2.14. The predicted molar refractivity (Wildman–Crippen MR) is 133 cm³/mol. The number of anilines is 1. The topological polar surface area (TPSA) is 86.8 Å². The van der Waals surface area contributed by atoms with Gasteiger partial charge in [-0.2, -0.15) is 0 Å². The highest BCUT2D eigenvalue weighted by atomic mass is 35.5. The molecule has 1 fully saturated rings. The Morgan fingerprint density at radius 3 is 2.41 bits per heavy atom. The van der Waals surface area contributed by atoms with Crippen LogP contribution in [0.4, 0.5) is 5.69 Å². The molecule has 0 saturated carbocycles. The third-order valence-corrected chi connectivity index (χ3v) is 5.40. The molecular weight excluding hydrogens is 426 g/mol. The lowest BCUT2D eigenvalue weighted by Gasteiger charge is -2.22. The van der Waals surface area contributed by atoms with Crippen molar-refractivity contribution in [2.75, 3.05) is 38.1 Å². The summed E-state index contributed by atoms with van der Waals surface area (Å²) >= 11 is 0. The van der Waals surface area contributed by atoms with Crippen LogP contribution in [0.5, 0.6) is 5.75 Å². The van der Waals surface area contributed by atoms with Crippen LogP contribution >= 0.6 is 12.4 Å². The van der Waals surface area contributed by atoms with Crippen molar-refractivity contribution in [2.24, 2.45) is 10.9 Å². The van der Waals surface area contributed by atoms with Crippen molar-refractivity contribution in [2.45, 2.75) is 26.8 Å². The van der Waals surface area contributed by atoms with Crippen molar-refractivity contribution in [3.63, 3.8) is 0 Å². The third-order valence-electron chi connectivity index (χ3n) is 5.40. The van der Waals surface area contributed by atoms with Gasteiger partial charge in [0.05, 0.1) is 13.2 Å². The van der Waals surface area contributed by atoms with Crippen molar-refractivity contribution < 1.29 is 9.53 Å². The van der Waals surface area contributed by atoms with E-state index >= 15 is 0 Å². The van der Waals surface area contributed by atoms with Crippen LogP contribution in [0, 0.1) is 5.92 Å². The van der Waals surface area contributed by atoms with E-state index in [1.165, 1.54) is 0 Å². The van der Waals surface area contributed by atoms with Gasteiger partial charge in [-0.15, -0.1) is 12.4 Å². The van der Waals surface area contributed by atoms with Gasteiger partial charge in [-0.3, -0.25) is 9.79 Å². The van der Waals surface area contributed by atoms with Crippen molar-refractivity contribution in [1.29, 1.82) is 0 Å². The van der Waals surface area contributed by atoms with Crippen LogP contribution in [-0.2, 0) is 6.54 Å². The number of hydrogen-bond acceptors (Lipinski definition) is 6. The number of aliphatic imine (C=N–C) groups is 1. The molecule has 1 saturated heterocycles. The minimum absolute atomic E-state index is 0. The second-order valence-corrected chi connectivity index (χ2v) is 7.69. The zero-order chi connectivity index (χ0) is 20.6. The van der Waals surface area contributed by atoms with E-state index in [2.05, 4.69) is 26.3 Å². The first-order valence-electron chi connectivity index (χ1n) is 10.6. The van der Waals surface area contributed by atoms with Gasteiger partial charge in [-0.25, -0.2) is 0 Å². The highest BCUT2D eigenvalue weighted by Gasteiger charge is 2.14. The fourth-order valence-electron chi connectivity index (χ4n) is 3.57. The first kappa shape index (κ1) is 25.5. The molecule has 2 heterocycles. The Morgan fingerprint density at radius 2 is 1.75 bits per heavy atom. The molecule has 174 valence electrons. The van der Waals surface area contributed by atoms with Crippen LogP contribution in [0.15, 0.2) is 53.5 Å². The molecule has 0 aliphatic carbocycles. The Morgan fingerprint density at radius 1 is 1.03 bits per heavy atom. The summed E-state index contributed by atoms with van der Waals surface area (Å²) < 4.78 is 5.89. The normalized spacial score (nSPS) is 15.4. The molecule has 2 aromatic carbocycles. The standard InChI is InChI=1S/C23H29N5O2.CH4.ClH/c29-22(19-3-7-21(8-4-19)30-16-18-9-11-24-12-10-18)27-15-17-1-5-20(6-2-17)28-23-25-13-14-26-23;;/h1-8,18,24H,9-16H2,(H,27,29)(H2,25,26,28);1H4;1H. The van der Waals surface area contributed by atoms with Gasteiger partial charge in [0.2, 0.25) is 0 Å². The average Bonchev–Trinajstić information content (AvgIpc) is 3.31. The Kier molecular flexibility index (Phi) is 10.3. The molecule has 8 heteroatoms. The van der Waals surface area contributed by atoms with Gasteiger partial charge in [0, 0.05) is 24.3 Å². The Hall–Kier alpha value is -2.77. The zero-order valence-electron chi connectivity index (χ0n) is 17.5. The van der Waals surface area contributed by atoms with Crippen LogP contribution < -0.4 is 26.0 Å². The summed E-state index contributed by atoms with van der Waals surface area (Å²) in [6.45, 7) is 5.03. The minimum Gasteiger partial charge on any atom is -0.493 e. The zero-order valence-corrected chi connectivity index (χ0v) is 18.3. The molecule has 2 aliphatic rings. The number of carbonyl (C=O) groups is 1. The number of ether oxygens (including phenoxy) is 1. The molecule has 2 aromatic rings. The average molecular weight is 460 g/mol. The van der Waals surface area contributed by atoms with Gasteiger partial charge in [0.1, 0.15) is 5.75 Å². The molecule has 4 rings (SSSR count). The number of benzene rings is 2. The quantitative estimate of drug-likeness (QED) is 0.509. The number of nitrogens with one attached hydrogen (secondary N) is 4. The van der Waals surface area contributed by atoms with E-state index in [0.29, 0.717) is 18.0 Å². The van der Waals surface area contributed by atoms with Crippen molar-refractivity contribution in [1.82, 2.24) is 16.0 Å². The van der Waals surface area contributed by atoms with Crippen molar-refractivity contribution in [3.05, 3.63) is 59.7 Å². The van der Waals surface area contributed by atoms with E-state index in [4.69, 9.17) is 4.74 Å². The van der Waals surface area contributed by atoms with Crippen LogP contribution in [0.3, 0.4) is 0 Å². The number of nitrogens with zero attached hydrogens (tertiary/aromatic N) is 1. The number of hydrogen-bond donors (Lipinski definition) is 4. The maximum Gasteiger partial charge on any atom is 0.251 e. The van der Waals surface area contributed by atoms with E-state index in [9.17, 15) is 4.79 Å². The van der Waals surface area contributed by atoms with Gasteiger partial charge < -0.3 is 26.0 Å². The molecule has 2 aliphatic heterocycles. The van der Waals surface area contributed by atoms with Crippen LogP contribution in [0.1, 0.15) is 36.2 Å². The van der Waals surface area contributed by atoms with Crippen LogP contribution in [-0.4, -0.2) is 44.7 Å². The first-order valence-corrected chi connectivity index (χ1v) is 10.6. The van der Waals surface area contributed by atoms with Crippen LogP contribution in [0.2, 0.25) is 0 Å². The number of amides is 1. The number of carbonyl (C=O) groups excluding carboxylic acids is 1. The highest BCUT2D eigenvalue weighted by molar-refractivity contribution is 5.95. The maximum atomic E-state index is 12.4. The van der Waals surface area contributed by atoms with E-state index in [0.717, 1.165) is 68.6 Å². The Balaban J connectivity index is 0.00000181. The third kappa shape index (κ3) is 7.43. The summed E-state index contributed by atoms with van der Waals surface area (Å²) in [5.41, 5.74) is 2.64. The molecule has 0 aromatic heterocycles. The fourth-order valence-corrected chi connectivity index (χ4v) is 3.57. The van der Waals surface area contributed by atoms with Gasteiger partial charge in [0.15, 0.2) is 5.96 Å². The van der Waals surface area contributed by atoms with Gasteiger partial charge in [-0.05, 0) is 73.8 Å². The lowest BCUT2D eigenvalue weighted by Crippen LogP contribution is -2.30. The monoisotopic (exact) mass is 459 g/mol. The SMILES string of the molecule is C.Cl.O=C(NCc1ccc(NC2=NCCN2)cc1)c1ccc(OCC2CCNCC2)cc1. The molecule has 0 unspecified atom stereocenters. The molecule has 7 nitrogen and oxygen atoms in total. The van der Waals surface area contributed by atoms with Crippen LogP contribution in [0.25, 0.3) is 0 Å². The highest BCUT2D eigenvalue weighted by Crippen LogP contribution is 2.17. The van der Waals surface area contributed by atoms with Gasteiger partial charge >= 0.3 is 0 Å². The molecule has 1 amide bonds. The lowest BCUT2D eigenvalue weighted by atomic mass is 9.99. The number of halogens is 1. The lowest BCUT2D eigenvalue weighted by molar-refractivity contribution is 0.0951. The molecule has 32 heavy (non-hydrogen) atoms. The minimum atomic E-state index is -0.0911. The first-order chi connectivity index (χ1) is 14.8. The second kappa shape index (κ2) is 12.9. The predicted octanol–water partition coefficient (Wildman–Crippen LogP) is 3.42. The molecule has 0 spiro atoms. The Labute approximate surface area is 196 Å². The molecular formula is C24H34ClN5O2. The molecule has 4 N–H and O–H groups in total. The van der Waals surface area contributed by atoms with Crippen molar-refractivity contribution in [3.8, 4) is 5.75 Å². The number of rotatable bonds is 7. The van der Waals surface area contributed by atoms with Gasteiger partial charge in [0.25, 0.3) is 5.91 Å². The van der Waals surface area contributed by atoms with Gasteiger partial charge in [-0.1, -0.05) is 19.6 Å². The summed E-state index contributed by atoms with van der Waals surface area (Å²) in [5, 5.41) is 12.7. The van der Waals surface area contributed by atoms with Crippen molar-refractivity contribution >= 4 is 30.0 Å². The maximum absolute atomic E-state index is 12.4. The van der Waals surface area contributed by atoms with E-state index < -0.39 is 0 Å². The van der Waals surface area contributed by atoms with E-state index in [-0.39, 0.29) is 25.7 Å². The fraction of sp³-hybridized carbons (Fsp3) is 0.417. The van der Waals surface area contributed by atoms with E-state index in [1.54, 1.807) is 0 Å². The molecule has 0 radical (unpaired) electrons. The largest absolute Gasteiger partial charge is 0.493 e. The smallest absolute Gasteiger partial charge is 0.251 e. The molecule has 0 atom stereocenters. The van der Waals surface area contributed by atoms with E-state index in [1.807, 2.05) is 48.5 Å². The summed E-state index contributed by atoms with van der Waals surface area (Å²) in [7, 11) is 0. The number of guanidine groups is 1. The number of piperidine rings is 1. The second-order valence-electron chi connectivity index (χ2n) is 7.69. The Bertz CT molecular complexity index is 865. The summed E-state index contributed by atoms with van der Waals surface area (Å²) in [6.07, 6.45) is 2.31. The summed E-state index contributed by atoms with van der Waals surface area (Å²) in [4.78, 5) is 16.8.